The summed E-state index contributed by atoms with van der Waals surface area (Å²) in [5, 5.41) is 11.0. The molecule has 80 valence electrons. The van der Waals surface area contributed by atoms with Gasteiger partial charge in [0.25, 0.3) is 0 Å². The van der Waals surface area contributed by atoms with Gasteiger partial charge in [0.05, 0.1) is 6.42 Å². The molecule has 2 N–H and O–H groups in total. The fraction of sp³-hybridized carbons (Fsp3) is 0.200. The van der Waals surface area contributed by atoms with Gasteiger partial charge < -0.3 is 10.4 Å². The summed E-state index contributed by atoms with van der Waals surface area (Å²) in [7, 11) is 0. The van der Waals surface area contributed by atoms with Gasteiger partial charge in [0.2, 0.25) is 5.91 Å². The molecule has 0 unspecified atom stereocenters. The molecular weight excluding hydrogens is 309 g/mol. The van der Waals surface area contributed by atoms with Crippen molar-refractivity contribution in [1.29, 1.82) is 0 Å². The zero-order valence-electron chi connectivity index (χ0n) is 7.87. The maximum Gasteiger partial charge on any atom is 0.303 e. The van der Waals surface area contributed by atoms with Crippen LogP contribution in [0.3, 0.4) is 0 Å². The quantitative estimate of drug-likeness (QED) is 0.835. The highest BCUT2D eigenvalue weighted by Crippen LogP contribution is 2.11. The van der Waals surface area contributed by atoms with Crippen LogP contribution in [-0.2, 0) is 9.59 Å². The van der Waals surface area contributed by atoms with E-state index >= 15 is 0 Å². The summed E-state index contributed by atoms with van der Waals surface area (Å²) >= 11 is 2.17. The summed E-state index contributed by atoms with van der Waals surface area (Å²) in [5.41, 5.74) is 0.686. The standard InChI is InChI=1S/C10H10INO3/c11-7-1-3-8(4-2-7)12-9(13)5-6-10(14)15/h1-4H,5-6H2,(H,12,13)(H,14,15). The van der Waals surface area contributed by atoms with Crippen LogP contribution in [0.1, 0.15) is 12.8 Å². The molecule has 0 aliphatic carbocycles. The Bertz CT molecular complexity index is 361. The van der Waals surface area contributed by atoms with E-state index in [-0.39, 0.29) is 18.7 Å². The van der Waals surface area contributed by atoms with Crippen molar-refractivity contribution >= 4 is 40.2 Å². The Kier molecular flexibility index (Phi) is 4.54. The predicted molar refractivity (Wildman–Crippen MR) is 64.7 cm³/mol. The van der Waals surface area contributed by atoms with Gasteiger partial charge in [-0.05, 0) is 46.9 Å². The number of hydrogen-bond donors (Lipinski definition) is 2. The van der Waals surface area contributed by atoms with Gasteiger partial charge in [-0.1, -0.05) is 0 Å². The number of rotatable bonds is 4. The third-order valence-electron chi connectivity index (χ3n) is 1.69. The number of nitrogens with one attached hydrogen (secondary N) is 1. The highest BCUT2D eigenvalue weighted by molar-refractivity contribution is 14.1. The summed E-state index contributed by atoms with van der Waals surface area (Å²) in [6.45, 7) is 0. The van der Waals surface area contributed by atoms with E-state index in [9.17, 15) is 9.59 Å². The second-order valence-corrected chi connectivity index (χ2v) is 4.19. The molecule has 4 nitrogen and oxygen atoms in total. The van der Waals surface area contributed by atoms with E-state index in [0.717, 1.165) is 3.57 Å². The van der Waals surface area contributed by atoms with Gasteiger partial charge in [-0.2, -0.15) is 0 Å². The van der Waals surface area contributed by atoms with E-state index in [2.05, 4.69) is 27.9 Å². The van der Waals surface area contributed by atoms with Crippen LogP contribution in [-0.4, -0.2) is 17.0 Å². The number of hydrogen-bond acceptors (Lipinski definition) is 2. The number of amides is 1. The van der Waals surface area contributed by atoms with Crippen LogP contribution in [0.4, 0.5) is 5.69 Å². The largest absolute Gasteiger partial charge is 0.481 e. The Hall–Kier alpha value is -1.11. The lowest BCUT2D eigenvalue weighted by Gasteiger charge is -2.03. The number of benzene rings is 1. The lowest BCUT2D eigenvalue weighted by Crippen LogP contribution is -2.13. The molecule has 0 atom stereocenters. The third-order valence-corrected chi connectivity index (χ3v) is 2.41. The van der Waals surface area contributed by atoms with Gasteiger partial charge in [-0.3, -0.25) is 9.59 Å². The van der Waals surface area contributed by atoms with Crippen molar-refractivity contribution in [1.82, 2.24) is 0 Å². The average molecular weight is 319 g/mol. The lowest BCUT2D eigenvalue weighted by atomic mass is 10.2. The first kappa shape index (κ1) is 12.0. The highest BCUT2D eigenvalue weighted by Gasteiger charge is 2.05. The molecule has 5 heteroatoms. The molecule has 0 heterocycles. The van der Waals surface area contributed by atoms with E-state index < -0.39 is 5.97 Å². The minimum Gasteiger partial charge on any atom is -0.481 e. The van der Waals surface area contributed by atoms with E-state index in [0.29, 0.717) is 5.69 Å². The fourth-order valence-electron chi connectivity index (χ4n) is 0.977. The second kappa shape index (κ2) is 5.69. The van der Waals surface area contributed by atoms with E-state index in [1.54, 1.807) is 12.1 Å². The molecule has 0 aliphatic rings. The molecule has 0 saturated heterocycles. The van der Waals surface area contributed by atoms with Crippen LogP contribution in [0.5, 0.6) is 0 Å². The summed E-state index contributed by atoms with van der Waals surface area (Å²) < 4.78 is 1.08. The van der Waals surface area contributed by atoms with Crippen molar-refractivity contribution in [2.75, 3.05) is 5.32 Å². The Morgan fingerprint density at radius 1 is 1.20 bits per heavy atom. The SMILES string of the molecule is O=C(O)CCC(=O)Nc1ccc(I)cc1. The lowest BCUT2D eigenvalue weighted by molar-refractivity contribution is -0.138. The molecular formula is C10H10INO3. The monoisotopic (exact) mass is 319 g/mol. The Morgan fingerprint density at radius 2 is 1.80 bits per heavy atom. The van der Waals surface area contributed by atoms with Gasteiger partial charge >= 0.3 is 5.97 Å². The minimum absolute atomic E-state index is 0.00131. The molecule has 0 aromatic heterocycles. The number of carboxylic acids is 1. The molecule has 0 aliphatic heterocycles. The molecule has 0 spiro atoms. The number of anilines is 1. The molecule has 0 bridgehead atoms. The van der Waals surface area contributed by atoms with Gasteiger partial charge in [0, 0.05) is 15.7 Å². The Morgan fingerprint density at radius 3 is 2.33 bits per heavy atom. The first-order valence-electron chi connectivity index (χ1n) is 4.35. The van der Waals surface area contributed by atoms with Crippen molar-refractivity contribution in [2.24, 2.45) is 0 Å². The highest BCUT2D eigenvalue weighted by atomic mass is 127. The molecule has 0 saturated carbocycles. The fourth-order valence-corrected chi connectivity index (χ4v) is 1.34. The smallest absolute Gasteiger partial charge is 0.303 e. The van der Waals surface area contributed by atoms with E-state index in [1.807, 2.05) is 12.1 Å². The van der Waals surface area contributed by atoms with Gasteiger partial charge in [-0.25, -0.2) is 0 Å². The van der Waals surface area contributed by atoms with Crippen molar-refractivity contribution in [3.63, 3.8) is 0 Å². The Balaban J connectivity index is 2.44. The Labute approximate surface area is 101 Å². The predicted octanol–water partition coefficient (Wildman–Crippen LogP) is 2.09. The van der Waals surface area contributed by atoms with Crippen LogP contribution in [0.2, 0.25) is 0 Å². The molecule has 15 heavy (non-hydrogen) atoms. The first-order chi connectivity index (χ1) is 7.08. The van der Waals surface area contributed by atoms with E-state index in [1.165, 1.54) is 0 Å². The molecule has 1 rings (SSSR count). The maximum absolute atomic E-state index is 11.2. The summed E-state index contributed by atoms with van der Waals surface area (Å²) in [6, 6.07) is 7.29. The number of halogens is 1. The van der Waals surface area contributed by atoms with Crippen molar-refractivity contribution < 1.29 is 14.7 Å². The summed E-state index contributed by atoms with van der Waals surface area (Å²) in [6.07, 6.45) is -0.141. The van der Waals surface area contributed by atoms with Crippen molar-refractivity contribution in [3.8, 4) is 0 Å². The molecule has 1 amide bonds. The van der Waals surface area contributed by atoms with Crippen LogP contribution in [0, 0.1) is 3.57 Å². The van der Waals surface area contributed by atoms with E-state index in [4.69, 9.17) is 5.11 Å². The average Bonchev–Trinajstić information content (AvgIpc) is 2.19. The topological polar surface area (TPSA) is 66.4 Å². The van der Waals surface area contributed by atoms with Gasteiger partial charge in [0.1, 0.15) is 0 Å². The number of aliphatic carboxylic acids is 1. The van der Waals surface area contributed by atoms with Gasteiger partial charge in [-0.15, -0.1) is 0 Å². The van der Waals surface area contributed by atoms with Crippen molar-refractivity contribution in [3.05, 3.63) is 27.8 Å². The summed E-state index contributed by atoms with van der Waals surface area (Å²) in [4.78, 5) is 21.4. The molecule has 1 aromatic rings. The molecule has 1 aromatic carbocycles. The maximum atomic E-state index is 11.2. The summed E-state index contributed by atoms with van der Waals surface area (Å²) in [5.74, 6) is -1.24. The number of carboxylic acid groups (broad SMARTS) is 1. The number of carbonyl (C=O) groups excluding carboxylic acids is 1. The molecule has 0 fully saturated rings. The number of carbonyl (C=O) groups is 2. The van der Waals surface area contributed by atoms with Crippen LogP contribution < -0.4 is 5.32 Å². The second-order valence-electron chi connectivity index (χ2n) is 2.95. The van der Waals surface area contributed by atoms with Gasteiger partial charge in [0.15, 0.2) is 0 Å². The van der Waals surface area contributed by atoms with Crippen LogP contribution >= 0.6 is 22.6 Å². The molecule has 0 radical (unpaired) electrons. The van der Waals surface area contributed by atoms with Crippen LogP contribution in [0.15, 0.2) is 24.3 Å². The third kappa shape index (κ3) is 4.78. The minimum atomic E-state index is -0.965. The zero-order valence-corrected chi connectivity index (χ0v) is 10.0. The zero-order chi connectivity index (χ0) is 11.3. The normalized spacial score (nSPS) is 9.67. The van der Waals surface area contributed by atoms with Crippen molar-refractivity contribution in [2.45, 2.75) is 12.8 Å². The first-order valence-corrected chi connectivity index (χ1v) is 5.43. The van der Waals surface area contributed by atoms with Crippen LogP contribution in [0.25, 0.3) is 0 Å².